The zero-order valence-electron chi connectivity index (χ0n) is 25.5. The number of hydrogen-bond donors (Lipinski definition) is 0. The molecule has 6 amide bonds. The number of aryl methyl sites for hydroxylation is 1. The van der Waals surface area contributed by atoms with Crippen LogP contribution in [0, 0.1) is 30.6 Å². The summed E-state index contributed by atoms with van der Waals surface area (Å²) in [6.45, 7) is 0.434. The molecule has 254 valence electrons. The van der Waals surface area contributed by atoms with Crippen molar-refractivity contribution >= 4 is 41.1 Å². The van der Waals surface area contributed by atoms with Crippen molar-refractivity contribution < 1.29 is 55.1 Å². The number of alkyl halides is 6. The number of nitrogens with zero attached hydrogens (tertiary/aromatic N) is 4. The summed E-state index contributed by atoms with van der Waals surface area (Å²) in [5.74, 6) is -8.13. The first-order chi connectivity index (χ1) is 22.4. The second-order valence-electron chi connectivity index (χ2n) is 12.5. The summed E-state index contributed by atoms with van der Waals surface area (Å²) in [5.41, 5.74) is -4.03. The molecule has 3 aliphatic heterocycles. The van der Waals surface area contributed by atoms with Gasteiger partial charge in [-0.3, -0.25) is 38.6 Å². The van der Waals surface area contributed by atoms with E-state index < -0.39 is 99.4 Å². The highest BCUT2D eigenvalue weighted by Gasteiger charge is 2.59. The molecule has 4 unspecified atom stereocenters. The number of anilines is 1. The van der Waals surface area contributed by atoms with Gasteiger partial charge in [0, 0.05) is 33.2 Å². The third-order valence-electron chi connectivity index (χ3n) is 9.72. The van der Waals surface area contributed by atoms with Crippen LogP contribution in [0.5, 0.6) is 0 Å². The van der Waals surface area contributed by atoms with E-state index in [2.05, 4.69) is 0 Å². The molecule has 0 aromatic heterocycles. The van der Waals surface area contributed by atoms with Crippen LogP contribution in [0.2, 0.25) is 0 Å². The predicted octanol–water partition coefficient (Wildman–Crippen LogP) is 3.76. The number of carbonyl (C=O) groups is 6. The molecule has 3 saturated heterocycles. The lowest BCUT2D eigenvalue weighted by atomic mass is 9.70. The van der Waals surface area contributed by atoms with Gasteiger partial charge in [0.1, 0.15) is 0 Å². The van der Waals surface area contributed by atoms with Crippen molar-refractivity contribution in [3.8, 4) is 0 Å². The van der Waals surface area contributed by atoms with Crippen LogP contribution in [-0.2, 0) is 31.5 Å². The highest BCUT2D eigenvalue weighted by molar-refractivity contribution is 6.23. The molecule has 10 nitrogen and oxygen atoms in total. The van der Waals surface area contributed by atoms with Crippen LogP contribution < -0.4 is 4.90 Å². The number of rotatable bonds is 3. The first-order valence-corrected chi connectivity index (χ1v) is 15.1. The number of piperazine rings is 1. The maximum Gasteiger partial charge on any atom is 0.417 e. The average molecular weight is 679 g/mol. The van der Waals surface area contributed by atoms with Gasteiger partial charge in [0.25, 0.3) is 11.8 Å². The van der Waals surface area contributed by atoms with E-state index in [-0.39, 0.29) is 39.0 Å². The molecule has 0 radical (unpaired) electrons. The molecular weight excluding hydrogens is 650 g/mol. The third-order valence-corrected chi connectivity index (χ3v) is 9.72. The maximum atomic E-state index is 14.3. The van der Waals surface area contributed by atoms with Crippen molar-refractivity contribution in [1.29, 1.82) is 0 Å². The standard InChI is InChI=1S/C32H28F6N4O6/c1-15-3-5-17(23(11-15)31(33,34)35)27(45)40-7-9-41(10-8-40)28(46)18-6-4-16(12-24(18)32(36,37)38)42-29(47)21-13-19-20(14-22(21)30(42)48)26(44)39(2)25(19)43/h3-6,11-12,19-22H,7-10,13-14H2,1-2H3. The Bertz CT molecular complexity index is 1720. The molecule has 2 aromatic carbocycles. The minimum atomic E-state index is -5.10. The van der Waals surface area contributed by atoms with Crippen LogP contribution in [0.4, 0.5) is 32.0 Å². The highest BCUT2D eigenvalue weighted by atomic mass is 19.4. The van der Waals surface area contributed by atoms with E-state index >= 15 is 0 Å². The largest absolute Gasteiger partial charge is 0.417 e. The molecule has 6 rings (SSSR count). The van der Waals surface area contributed by atoms with Crippen molar-refractivity contribution in [2.75, 3.05) is 38.1 Å². The lowest BCUT2D eigenvalue weighted by Gasteiger charge is -2.35. The maximum absolute atomic E-state index is 14.3. The molecular formula is C32H28F6N4O6. The van der Waals surface area contributed by atoms with Crippen molar-refractivity contribution in [3.05, 3.63) is 64.2 Å². The van der Waals surface area contributed by atoms with Gasteiger partial charge in [-0.25, -0.2) is 0 Å². The Labute approximate surface area is 269 Å². The molecule has 48 heavy (non-hydrogen) atoms. The van der Waals surface area contributed by atoms with E-state index in [4.69, 9.17) is 0 Å². The summed E-state index contributed by atoms with van der Waals surface area (Å²) in [6, 6.07) is 5.67. The number of amides is 6. The minimum absolute atomic E-state index is 0.0933. The molecule has 0 N–H and O–H groups in total. The summed E-state index contributed by atoms with van der Waals surface area (Å²) in [4.78, 5) is 81.8. The van der Waals surface area contributed by atoms with Crippen molar-refractivity contribution in [2.24, 2.45) is 23.7 Å². The summed E-state index contributed by atoms with van der Waals surface area (Å²) in [7, 11) is 1.31. The van der Waals surface area contributed by atoms with E-state index in [1.54, 1.807) is 0 Å². The molecule has 3 heterocycles. The Morgan fingerprint density at radius 2 is 1.02 bits per heavy atom. The molecule has 1 saturated carbocycles. The fourth-order valence-corrected chi connectivity index (χ4v) is 7.22. The number of halogens is 6. The van der Waals surface area contributed by atoms with Gasteiger partial charge in [-0.05, 0) is 50.1 Å². The summed E-state index contributed by atoms with van der Waals surface area (Å²) in [6.07, 6.45) is -10.1. The molecule has 1 aliphatic carbocycles. The lowest BCUT2D eigenvalue weighted by Crippen LogP contribution is -2.51. The average Bonchev–Trinajstić information content (AvgIpc) is 3.41. The Balaban J connectivity index is 1.20. The second-order valence-corrected chi connectivity index (χ2v) is 12.5. The van der Waals surface area contributed by atoms with Crippen molar-refractivity contribution in [3.63, 3.8) is 0 Å². The summed E-state index contributed by atoms with van der Waals surface area (Å²) in [5, 5.41) is 0. The first-order valence-electron chi connectivity index (χ1n) is 15.1. The number of carbonyl (C=O) groups excluding carboxylic acids is 6. The second kappa shape index (κ2) is 11.4. The van der Waals surface area contributed by atoms with E-state index in [9.17, 15) is 55.1 Å². The lowest BCUT2D eigenvalue weighted by molar-refractivity contribution is -0.139. The van der Waals surface area contributed by atoms with E-state index in [1.807, 2.05) is 0 Å². The van der Waals surface area contributed by atoms with Crippen LogP contribution in [0.3, 0.4) is 0 Å². The Hall–Kier alpha value is -4.76. The Morgan fingerprint density at radius 3 is 1.46 bits per heavy atom. The number of hydrogen-bond acceptors (Lipinski definition) is 6. The van der Waals surface area contributed by atoms with Gasteiger partial charge in [-0.2, -0.15) is 26.3 Å². The van der Waals surface area contributed by atoms with E-state index in [1.165, 1.54) is 20.0 Å². The SMILES string of the molecule is Cc1ccc(C(=O)N2CCN(C(=O)c3ccc(N4C(=O)C5CC6C(=O)N(C)C(=O)C6CC5C4=O)cc3C(F)(F)F)CC2)c(C(F)(F)F)c1. The molecule has 0 spiro atoms. The monoisotopic (exact) mass is 678 g/mol. The van der Waals surface area contributed by atoms with E-state index in [0.717, 1.165) is 39.0 Å². The van der Waals surface area contributed by atoms with Crippen LogP contribution >= 0.6 is 0 Å². The number of imide groups is 2. The zero-order valence-corrected chi connectivity index (χ0v) is 25.5. The van der Waals surface area contributed by atoms with Gasteiger partial charge in [0.05, 0.1) is 51.6 Å². The summed E-state index contributed by atoms with van der Waals surface area (Å²) < 4.78 is 83.8. The summed E-state index contributed by atoms with van der Waals surface area (Å²) >= 11 is 0. The van der Waals surface area contributed by atoms with Gasteiger partial charge in [-0.15, -0.1) is 0 Å². The van der Waals surface area contributed by atoms with Crippen LogP contribution in [0.25, 0.3) is 0 Å². The number of benzene rings is 2. The predicted molar refractivity (Wildman–Crippen MR) is 153 cm³/mol. The van der Waals surface area contributed by atoms with Gasteiger partial charge < -0.3 is 9.80 Å². The molecule has 4 atom stereocenters. The quantitative estimate of drug-likeness (QED) is 0.361. The molecule has 4 fully saturated rings. The Kier molecular flexibility index (Phi) is 7.90. The topological polar surface area (TPSA) is 115 Å². The first kappa shape index (κ1) is 33.2. The number of fused-ring (bicyclic) bond motifs is 2. The van der Waals surface area contributed by atoms with Gasteiger partial charge in [0.15, 0.2) is 0 Å². The smallest absolute Gasteiger partial charge is 0.335 e. The fourth-order valence-electron chi connectivity index (χ4n) is 7.22. The molecule has 0 bridgehead atoms. The van der Waals surface area contributed by atoms with Gasteiger partial charge in [-0.1, -0.05) is 11.6 Å². The van der Waals surface area contributed by atoms with E-state index in [0.29, 0.717) is 16.5 Å². The van der Waals surface area contributed by atoms with Gasteiger partial charge >= 0.3 is 12.4 Å². The minimum Gasteiger partial charge on any atom is -0.335 e. The Morgan fingerprint density at radius 1 is 0.625 bits per heavy atom. The normalized spacial score (nSPS) is 24.8. The van der Waals surface area contributed by atoms with Crippen molar-refractivity contribution in [1.82, 2.24) is 14.7 Å². The van der Waals surface area contributed by atoms with Gasteiger partial charge in [0.2, 0.25) is 23.6 Å². The fraction of sp³-hybridized carbons (Fsp3) is 0.438. The van der Waals surface area contributed by atoms with Crippen molar-refractivity contribution in [2.45, 2.75) is 32.1 Å². The third kappa shape index (κ3) is 5.40. The molecule has 2 aromatic rings. The van der Waals surface area contributed by atoms with Crippen LogP contribution in [0.1, 0.15) is 50.2 Å². The zero-order chi connectivity index (χ0) is 35.0. The number of likely N-dealkylation sites (tertiary alicyclic amines) is 1. The molecule has 4 aliphatic rings. The highest BCUT2D eigenvalue weighted by Crippen LogP contribution is 2.48. The molecule has 16 heteroatoms. The van der Waals surface area contributed by atoms with Crippen LogP contribution in [0.15, 0.2) is 36.4 Å². The van der Waals surface area contributed by atoms with Crippen LogP contribution in [-0.4, -0.2) is 83.4 Å².